The van der Waals surface area contributed by atoms with Crippen molar-refractivity contribution in [3.63, 3.8) is 0 Å². The predicted molar refractivity (Wildman–Crippen MR) is 259 cm³/mol. The average molecular weight is 836 g/mol. The fourth-order valence-corrected chi connectivity index (χ4v) is 7.02. The molecule has 0 aliphatic carbocycles. The molecule has 1 amide bonds. The largest absolute Gasteiger partial charge is 0.458 e. The molecule has 0 rings (SSSR count). The topological polar surface area (TPSA) is 95.9 Å². The molecule has 6 nitrogen and oxygen atoms in total. The van der Waals surface area contributed by atoms with Gasteiger partial charge in [0.15, 0.2) is 0 Å². The van der Waals surface area contributed by atoms with Gasteiger partial charge in [-0.2, -0.15) is 0 Å². The highest BCUT2D eigenvalue weighted by Gasteiger charge is 2.23. The Hall–Kier alpha value is -2.96. The lowest BCUT2D eigenvalue weighted by Crippen LogP contribution is -2.46. The van der Waals surface area contributed by atoms with Gasteiger partial charge in [-0.1, -0.05) is 215 Å². The lowest BCUT2D eigenvalue weighted by atomic mass is 10.0. The van der Waals surface area contributed by atoms with Crippen LogP contribution in [-0.2, 0) is 14.3 Å². The molecular formula is C54H93NO5. The number of carbonyl (C=O) groups is 2. The summed E-state index contributed by atoms with van der Waals surface area (Å²) in [7, 11) is 0. The molecule has 0 aliphatic rings. The summed E-state index contributed by atoms with van der Waals surface area (Å²) in [5.74, 6) is -0.642. The lowest BCUT2D eigenvalue weighted by Gasteiger charge is -2.23. The third-order valence-electron chi connectivity index (χ3n) is 10.7. The molecule has 0 fully saturated rings. The van der Waals surface area contributed by atoms with Gasteiger partial charge in [0.2, 0.25) is 5.91 Å². The van der Waals surface area contributed by atoms with Crippen molar-refractivity contribution < 1.29 is 24.5 Å². The number of hydrogen-bond acceptors (Lipinski definition) is 5. The van der Waals surface area contributed by atoms with Crippen molar-refractivity contribution in [3.05, 3.63) is 85.1 Å². The monoisotopic (exact) mass is 836 g/mol. The molecule has 0 aliphatic heterocycles. The highest BCUT2D eigenvalue weighted by molar-refractivity contribution is 5.78. The highest BCUT2D eigenvalue weighted by atomic mass is 16.5. The van der Waals surface area contributed by atoms with Crippen LogP contribution >= 0.6 is 0 Å². The molecule has 0 saturated carbocycles. The van der Waals surface area contributed by atoms with Gasteiger partial charge in [-0.25, -0.2) is 0 Å². The first-order valence-electron chi connectivity index (χ1n) is 24.8. The van der Waals surface area contributed by atoms with Crippen LogP contribution in [0.2, 0.25) is 0 Å². The van der Waals surface area contributed by atoms with Gasteiger partial charge >= 0.3 is 5.97 Å². The minimum atomic E-state index is -0.823. The second kappa shape index (κ2) is 47.1. The van der Waals surface area contributed by atoms with E-state index in [1.54, 1.807) is 6.08 Å². The maximum atomic E-state index is 13.1. The van der Waals surface area contributed by atoms with Crippen LogP contribution in [-0.4, -0.2) is 46.9 Å². The third-order valence-corrected chi connectivity index (χ3v) is 10.7. The normalized spacial score (nSPS) is 14.0. The smallest absolute Gasteiger partial charge is 0.306 e. The Morgan fingerprint density at radius 2 is 0.933 bits per heavy atom. The fourth-order valence-electron chi connectivity index (χ4n) is 7.02. The Kier molecular flexibility index (Phi) is 44.8. The first-order valence-corrected chi connectivity index (χ1v) is 24.8. The van der Waals surface area contributed by atoms with Gasteiger partial charge in [0.25, 0.3) is 0 Å². The molecule has 0 heterocycles. The minimum absolute atomic E-state index is 0.0525. The molecule has 3 atom stereocenters. The van der Waals surface area contributed by atoms with Crippen LogP contribution in [0.25, 0.3) is 0 Å². The van der Waals surface area contributed by atoms with Crippen molar-refractivity contribution in [1.29, 1.82) is 0 Å². The molecule has 0 radical (unpaired) electrons. The number of nitrogens with one attached hydrogen (secondary N) is 1. The van der Waals surface area contributed by atoms with Gasteiger partial charge in [0, 0.05) is 6.42 Å². The quantitative estimate of drug-likeness (QED) is 0.0323. The van der Waals surface area contributed by atoms with E-state index in [1.165, 1.54) is 89.9 Å². The fraction of sp³-hybridized carbons (Fsp3) is 0.704. The number of carbonyl (C=O) groups excluding carboxylic acids is 2. The number of hydrogen-bond donors (Lipinski definition) is 3. The lowest BCUT2D eigenvalue weighted by molar-refractivity contribution is -0.148. The number of allylic oxidation sites excluding steroid dienone is 13. The Morgan fingerprint density at radius 1 is 0.517 bits per heavy atom. The number of rotatable bonds is 43. The Labute approximate surface area is 370 Å². The van der Waals surface area contributed by atoms with Crippen molar-refractivity contribution in [3.8, 4) is 0 Å². The van der Waals surface area contributed by atoms with E-state index in [-0.39, 0.29) is 24.9 Å². The number of amides is 1. The molecule has 344 valence electrons. The molecule has 0 aromatic rings. The molecule has 0 bridgehead atoms. The van der Waals surface area contributed by atoms with E-state index in [0.717, 1.165) is 83.5 Å². The molecule has 0 spiro atoms. The van der Waals surface area contributed by atoms with Crippen molar-refractivity contribution in [2.75, 3.05) is 6.61 Å². The molecule has 0 aromatic heterocycles. The number of unbranched alkanes of at least 4 members (excludes halogenated alkanes) is 19. The van der Waals surface area contributed by atoms with E-state index in [0.29, 0.717) is 19.3 Å². The number of aliphatic hydroxyl groups excluding tert-OH is 2. The Balaban J connectivity index is 4.75. The van der Waals surface area contributed by atoms with Crippen LogP contribution in [0.5, 0.6) is 0 Å². The second-order valence-electron chi connectivity index (χ2n) is 16.5. The molecule has 0 aromatic carbocycles. The maximum absolute atomic E-state index is 13.1. The summed E-state index contributed by atoms with van der Waals surface area (Å²) in [6.07, 6.45) is 61.0. The van der Waals surface area contributed by atoms with Gasteiger partial charge < -0.3 is 20.3 Å². The minimum Gasteiger partial charge on any atom is -0.458 e. The zero-order chi connectivity index (χ0) is 43.8. The molecule has 60 heavy (non-hydrogen) atoms. The zero-order valence-corrected chi connectivity index (χ0v) is 39.1. The van der Waals surface area contributed by atoms with Crippen LogP contribution in [0, 0.1) is 0 Å². The Morgan fingerprint density at radius 3 is 1.42 bits per heavy atom. The van der Waals surface area contributed by atoms with E-state index in [9.17, 15) is 19.8 Å². The maximum Gasteiger partial charge on any atom is 0.306 e. The van der Waals surface area contributed by atoms with Gasteiger partial charge in [-0.15, -0.1) is 0 Å². The van der Waals surface area contributed by atoms with Gasteiger partial charge in [-0.05, 0) is 76.7 Å². The van der Waals surface area contributed by atoms with Crippen LogP contribution in [0.1, 0.15) is 220 Å². The number of aliphatic hydroxyl groups is 2. The first-order chi connectivity index (χ1) is 29.5. The van der Waals surface area contributed by atoms with Gasteiger partial charge in [-0.3, -0.25) is 9.59 Å². The standard InChI is InChI=1S/C54H93NO5/c1-4-7-10-13-16-19-22-25-28-30-33-36-39-42-45-50(60-54(59)47-44-41-38-35-32-29-26-23-20-17-14-11-8-5-2)48-53(58)55-51(49-56)52(57)46-43-40-37-34-31-27-24-21-18-15-12-9-6-3/h7-8,10-11,16-17,19-20,25,28,33,36,42,45,50-52,56-57H,4-6,9,12-15,18,21-24,26-27,29-32,34-35,37-41,43-44,46-49H2,1-3H3,(H,55,58)/b10-7+,11-8+,19-16+,20-17+,28-25+,36-33+,45-42+. The van der Waals surface area contributed by atoms with Crippen molar-refractivity contribution in [2.45, 2.75) is 238 Å². The second-order valence-corrected chi connectivity index (χ2v) is 16.5. The average Bonchev–Trinajstić information content (AvgIpc) is 3.24. The summed E-state index contributed by atoms with van der Waals surface area (Å²) < 4.78 is 5.81. The van der Waals surface area contributed by atoms with E-state index < -0.39 is 18.2 Å². The van der Waals surface area contributed by atoms with E-state index >= 15 is 0 Å². The SMILES string of the molecule is CC/C=C/C/C=C/C/C=C/C/C=C/C/C=C/C(CC(=O)NC(CO)C(O)CCCCCCCCCCCCCCC)OC(=O)CCCCCCCCC/C=C/C/C=C/CC. The summed E-state index contributed by atoms with van der Waals surface area (Å²) >= 11 is 0. The Bertz CT molecular complexity index is 1160. The summed E-state index contributed by atoms with van der Waals surface area (Å²) in [5, 5.41) is 23.7. The first kappa shape index (κ1) is 57.0. The molecule has 6 heteroatoms. The summed E-state index contributed by atoms with van der Waals surface area (Å²) in [4.78, 5) is 26.0. The molecule has 3 N–H and O–H groups in total. The molecular weight excluding hydrogens is 743 g/mol. The molecule has 3 unspecified atom stereocenters. The highest BCUT2D eigenvalue weighted by Crippen LogP contribution is 2.16. The van der Waals surface area contributed by atoms with Crippen molar-refractivity contribution in [2.24, 2.45) is 0 Å². The van der Waals surface area contributed by atoms with E-state index in [1.807, 2.05) is 6.08 Å². The van der Waals surface area contributed by atoms with E-state index in [2.05, 4.69) is 99.0 Å². The zero-order valence-electron chi connectivity index (χ0n) is 39.1. The van der Waals surface area contributed by atoms with Crippen molar-refractivity contribution >= 4 is 11.9 Å². The number of esters is 1. The summed E-state index contributed by atoms with van der Waals surface area (Å²) in [6.45, 7) is 6.21. The molecule has 0 saturated heterocycles. The van der Waals surface area contributed by atoms with Crippen LogP contribution in [0.15, 0.2) is 85.1 Å². The van der Waals surface area contributed by atoms with Crippen molar-refractivity contribution in [1.82, 2.24) is 5.32 Å². The predicted octanol–water partition coefficient (Wildman–Crippen LogP) is 14.8. The van der Waals surface area contributed by atoms with E-state index in [4.69, 9.17) is 4.74 Å². The van der Waals surface area contributed by atoms with Gasteiger partial charge in [0.05, 0.1) is 25.2 Å². The van der Waals surface area contributed by atoms with Crippen LogP contribution < -0.4 is 5.32 Å². The summed E-state index contributed by atoms with van der Waals surface area (Å²) in [6, 6.07) is -0.746. The van der Waals surface area contributed by atoms with Gasteiger partial charge in [0.1, 0.15) is 6.10 Å². The van der Waals surface area contributed by atoms with Crippen LogP contribution in [0.4, 0.5) is 0 Å². The number of ether oxygens (including phenoxy) is 1. The van der Waals surface area contributed by atoms with Crippen LogP contribution in [0.3, 0.4) is 0 Å². The summed E-state index contributed by atoms with van der Waals surface area (Å²) in [5.41, 5.74) is 0. The third kappa shape index (κ3) is 41.8.